The lowest BCUT2D eigenvalue weighted by Crippen LogP contribution is -1.87. The van der Waals surface area contributed by atoms with E-state index in [2.05, 4.69) is 6.07 Å². The van der Waals surface area contributed by atoms with Crippen LogP contribution in [0.2, 0.25) is 0 Å². The first-order valence-corrected chi connectivity index (χ1v) is 5.77. The van der Waals surface area contributed by atoms with Crippen molar-refractivity contribution in [3.8, 4) is 11.8 Å². The fourth-order valence-electron chi connectivity index (χ4n) is 1.37. The number of nitrogens with two attached hydrogens (primary N) is 1. The van der Waals surface area contributed by atoms with E-state index in [1.807, 2.05) is 6.07 Å². The minimum absolute atomic E-state index is 0.229. The number of nitriles is 1. The molecule has 0 bridgehead atoms. The van der Waals surface area contributed by atoms with E-state index in [-0.39, 0.29) is 5.75 Å². The highest BCUT2D eigenvalue weighted by Crippen LogP contribution is 2.31. The molecule has 0 amide bonds. The zero-order chi connectivity index (χ0) is 12.3. The maximum atomic E-state index is 9.18. The zero-order valence-corrected chi connectivity index (χ0v) is 9.74. The molecule has 2 aromatic rings. The van der Waals surface area contributed by atoms with Gasteiger partial charge in [-0.25, -0.2) is 0 Å². The molecule has 3 N–H and O–H groups in total. The van der Waals surface area contributed by atoms with Crippen LogP contribution in [0, 0.1) is 11.3 Å². The summed E-state index contributed by atoms with van der Waals surface area (Å²) in [6, 6.07) is 14.2. The quantitative estimate of drug-likeness (QED) is 0.794. The summed E-state index contributed by atoms with van der Waals surface area (Å²) in [5.41, 5.74) is 6.76. The number of benzene rings is 2. The SMILES string of the molecule is N#Cc1cc(N)ccc1Sc1ccc(O)cc1. The molecule has 17 heavy (non-hydrogen) atoms. The second-order valence-corrected chi connectivity index (χ2v) is 4.58. The topological polar surface area (TPSA) is 70.0 Å². The molecule has 84 valence electrons. The van der Waals surface area contributed by atoms with Crippen molar-refractivity contribution in [1.82, 2.24) is 0 Å². The fraction of sp³-hybridized carbons (Fsp3) is 0. The first kappa shape index (κ1) is 11.4. The monoisotopic (exact) mass is 242 g/mol. The molecule has 0 aromatic heterocycles. The molecule has 0 heterocycles. The third-order valence-corrected chi connectivity index (χ3v) is 3.27. The van der Waals surface area contributed by atoms with Crippen molar-refractivity contribution in [2.24, 2.45) is 0 Å². The number of hydrogen-bond acceptors (Lipinski definition) is 4. The summed E-state index contributed by atoms with van der Waals surface area (Å²) in [4.78, 5) is 1.82. The molecule has 0 unspecified atom stereocenters. The van der Waals surface area contributed by atoms with Gasteiger partial charge in [0.1, 0.15) is 11.8 Å². The molecule has 0 atom stereocenters. The van der Waals surface area contributed by atoms with Crippen LogP contribution in [0.25, 0.3) is 0 Å². The number of hydrogen-bond donors (Lipinski definition) is 2. The standard InChI is InChI=1S/C13H10N2OS/c14-8-9-7-10(15)1-6-13(9)17-12-4-2-11(16)3-5-12/h1-7,16H,15H2. The Bertz CT molecular complexity index is 573. The Balaban J connectivity index is 2.30. The van der Waals surface area contributed by atoms with Crippen molar-refractivity contribution in [3.63, 3.8) is 0 Å². The molecule has 0 spiro atoms. The van der Waals surface area contributed by atoms with Gasteiger partial charge in [-0.2, -0.15) is 5.26 Å². The van der Waals surface area contributed by atoms with Crippen LogP contribution in [0.5, 0.6) is 5.75 Å². The van der Waals surface area contributed by atoms with Gasteiger partial charge in [0.05, 0.1) is 5.56 Å². The summed E-state index contributed by atoms with van der Waals surface area (Å²) in [5, 5.41) is 18.2. The van der Waals surface area contributed by atoms with Crippen LogP contribution in [0.4, 0.5) is 5.69 Å². The van der Waals surface area contributed by atoms with E-state index in [1.54, 1.807) is 36.4 Å². The maximum absolute atomic E-state index is 9.18. The highest BCUT2D eigenvalue weighted by Gasteiger charge is 2.04. The molecule has 3 nitrogen and oxygen atoms in total. The molecule has 2 rings (SSSR count). The molecular weight excluding hydrogens is 232 g/mol. The van der Waals surface area contributed by atoms with E-state index in [1.165, 1.54) is 11.8 Å². The largest absolute Gasteiger partial charge is 0.508 e. The number of phenols is 1. The highest BCUT2D eigenvalue weighted by molar-refractivity contribution is 7.99. The Morgan fingerprint density at radius 1 is 1.12 bits per heavy atom. The van der Waals surface area contributed by atoms with Gasteiger partial charge in [0.15, 0.2) is 0 Å². The first-order valence-electron chi connectivity index (χ1n) is 4.95. The van der Waals surface area contributed by atoms with E-state index in [4.69, 9.17) is 11.0 Å². The predicted molar refractivity (Wildman–Crippen MR) is 67.8 cm³/mol. The van der Waals surface area contributed by atoms with Crippen LogP contribution in [0.1, 0.15) is 5.56 Å². The summed E-state index contributed by atoms with van der Waals surface area (Å²) in [6.45, 7) is 0. The van der Waals surface area contributed by atoms with Gasteiger partial charge in [-0.1, -0.05) is 11.8 Å². The third kappa shape index (κ3) is 2.71. The van der Waals surface area contributed by atoms with Crippen LogP contribution >= 0.6 is 11.8 Å². The van der Waals surface area contributed by atoms with E-state index in [0.29, 0.717) is 11.3 Å². The lowest BCUT2D eigenvalue weighted by molar-refractivity contribution is 0.475. The molecule has 0 aliphatic carbocycles. The third-order valence-electron chi connectivity index (χ3n) is 2.19. The summed E-state index contributed by atoms with van der Waals surface area (Å²) in [5.74, 6) is 0.229. The number of nitrogens with zero attached hydrogens (tertiary/aromatic N) is 1. The minimum Gasteiger partial charge on any atom is -0.508 e. The van der Waals surface area contributed by atoms with E-state index in [0.717, 1.165) is 9.79 Å². The Kier molecular flexibility index (Phi) is 3.22. The van der Waals surface area contributed by atoms with E-state index >= 15 is 0 Å². The summed E-state index contributed by atoms with van der Waals surface area (Å²) >= 11 is 1.47. The number of nitrogen functional groups attached to an aromatic ring is 1. The average Bonchev–Trinajstić information content (AvgIpc) is 2.34. The molecule has 0 saturated heterocycles. The minimum atomic E-state index is 0.229. The van der Waals surface area contributed by atoms with Gasteiger partial charge in [0.2, 0.25) is 0 Å². The number of phenolic OH excluding ortho intramolecular Hbond substituents is 1. The Morgan fingerprint density at radius 3 is 2.47 bits per heavy atom. The molecule has 0 radical (unpaired) electrons. The summed E-state index contributed by atoms with van der Waals surface area (Å²) < 4.78 is 0. The molecule has 4 heteroatoms. The zero-order valence-electron chi connectivity index (χ0n) is 8.92. The van der Waals surface area contributed by atoms with Crippen molar-refractivity contribution in [2.75, 3.05) is 5.73 Å². The van der Waals surface area contributed by atoms with E-state index in [9.17, 15) is 5.11 Å². The first-order chi connectivity index (χ1) is 8.19. The van der Waals surface area contributed by atoms with Crippen LogP contribution in [-0.2, 0) is 0 Å². The average molecular weight is 242 g/mol. The lowest BCUT2D eigenvalue weighted by atomic mass is 10.2. The number of rotatable bonds is 2. The Hall–Kier alpha value is -2.12. The van der Waals surface area contributed by atoms with Crippen molar-refractivity contribution in [3.05, 3.63) is 48.0 Å². The van der Waals surface area contributed by atoms with Gasteiger partial charge in [-0.15, -0.1) is 0 Å². The van der Waals surface area contributed by atoms with Crippen molar-refractivity contribution in [1.29, 1.82) is 5.26 Å². The number of aromatic hydroxyl groups is 1. The van der Waals surface area contributed by atoms with Gasteiger partial charge in [0.25, 0.3) is 0 Å². The van der Waals surface area contributed by atoms with Gasteiger partial charge in [-0.3, -0.25) is 0 Å². The summed E-state index contributed by atoms with van der Waals surface area (Å²) in [6.07, 6.45) is 0. The molecular formula is C13H10N2OS. The Labute approximate surface area is 104 Å². The molecule has 0 fully saturated rings. The van der Waals surface area contributed by atoms with Crippen LogP contribution < -0.4 is 5.73 Å². The van der Waals surface area contributed by atoms with Crippen LogP contribution in [0.3, 0.4) is 0 Å². The van der Waals surface area contributed by atoms with Gasteiger partial charge >= 0.3 is 0 Å². The van der Waals surface area contributed by atoms with Crippen LogP contribution in [0.15, 0.2) is 52.3 Å². The smallest absolute Gasteiger partial charge is 0.115 e. The second kappa shape index (κ2) is 4.81. The van der Waals surface area contributed by atoms with Gasteiger partial charge in [-0.05, 0) is 42.5 Å². The van der Waals surface area contributed by atoms with E-state index < -0.39 is 0 Å². The second-order valence-electron chi connectivity index (χ2n) is 3.46. The molecule has 0 aliphatic rings. The van der Waals surface area contributed by atoms with Crippen LogP contribution in [-0.4, -0.2) is 5.11 Å². The summed E-state index contributed by atoms with van der Waals surface area (Å²) in [7, 11) is 0. The fourth-order valence-corrected chi connectivity index (χ4v) is 2.24. The Morgan fingerprint density at radius 2 is 1.82 bits per heavy atom. The van der Waals surface area contributed by atoms with Gasteiger partial charge < -0.3 is 10.8 Å². The lowest BCUT2D eigenvalue weighted by Gasteiger charge is -2.04. The highest BCUT2D eigenvalue weighted by atomic mass is 32.2. The molecule has 0 saturated carbocycles. The van der Waals surface area contributed by atoms with Gasteiger partial charge in [0, 0.05) is 15.5 Å². The predicted octanol–water partition coefficient (Wildman–Crippen LogP) is 3.00. The molecule has 2 aromatic carbocycles. The number of anilines is 1. The molecule has 0 aliphatic heterocycles. The van der Waals surface area contributed by atoms with Crippen molar-refractivity contribution < 1.29 is 5.11 Å². The van der Waals surface area contributed by atoms with Crippen molar-refractivity contribution in [2.45, 2.75) is 9.79 Å². The van der Waals surface area contributed by atoms with Crippen molar-refractivity contribution >= 4 is 17.4 Å². The maximum Gasteiger partial charge on any atom is 0.115 e. The normalized spacial score (nSPS) is 9.82.